The molecule has 0 spiro atoms. The second-order valence-electron chi connectivity index (χ2n) is 4.27. The molecule has 0 atom stereocenters. The maximum absolute atomic E-state index is 6.24. The number of hydrogen-bond donors (Lipinski definition) is 1. The number of halogens is 1. The lowest BCUT2D eigenvalue weighted by molar-refractivity contribution is 0.668. The molecule has 0 aliphatic rings. The van der Waals surface area contributed by atoms with E-state index in [0.29, 0.717) is 28.5 Å². The second-order valence-corrected chi connectivity index (χ2v) is 4.65. The number of nitrogens with two attached hydrogens (primary N) is 1. The number of imidazole rings is 1. The van der Waals surface area contributed by atoms with Gasteiger partial charge in [-0.1, -0.05) is 11.6 Å². The lowest BCUT2D eigenvalue weighted by Gasteiger charge is -2.05. The number of fused-ring (bicyclic) bond motifs is 1. The molecule has 7 nitrogen and oxygen atoms in total. The number of nitrogen functional groups attached to an aromatic ring is 1. The fourth-order valence-corrected chi connectivity index (χ4v) is 2.25. The Kier molecular flexibility index (Phi) is 2.63. The predicted molar refractivity (Wildman–Crippen MR) is 71.8 cm³/mol. The average Bonchev–Trinajstić information content (AvgIpc) is 2.88. The monoisotopic (exact) mass is 277 g/mol. The number of anilines is 1. The van der Waals surface area contributed by atoms with E-state index in [-0.39, 0.29) is 0 Å². The molecule has 19 heavy (non-hydrogen) atoms. The molecule has 98 valence electrons. The van der Waals surface area contributed by atoms with Crippen LogP contribution in [0.1, 0.15) is 11.4 Å². The standard InChI is InChI=1S/C11H12ClN7/c1-6-8(12)7(18(2)17-6)3-19-5-16-9-10(13)14-4-15-11(9)19/h4-5H,3H2,1-2H3,(H2,13,14,15). The molecule has 3 rings (SSSR count). The summed E-state index contributed by atoms with van der Waals surface area (Å²) in [6.45, 7) is 2.40. The first-order valence-corrected chi connectivity index (χ1v) is 6.05. The van der Waals surface area contributed by atoms with Gasteiger partial charge in [-0.05, 0) is 6.92 Å². The minimum atomic E-state index is 0.371. The molecule has 0 aliphatic heterocycles. The molecule has 0 aromatic carbocycles. The van der Waals surface area contributed by atoms with Gasteiger partial charge < -0.3 is 10.3 Å². The van der Waals surface area contributed by atoms with Gasteiger partial charge in [-0.3, -0.25) is 4.68 Å². The van der Waals surface area contributed by atoms with Gasteiger partial charge in [0.1, 0.15) is 11.8 Å². The molecule has 0 aliphatic carbocycles. The number of nitrogens with zero attached hydrogens (tertiary/aromatic N) is 6. The van der Waals surface area contributed by atoms with Crippen LogP contribution < -0.4 is 5.73 Å². The van der Waals surface area contributed by atoms with E-state index in [1.165, 1.54) is 6.33 Å². The first kappa shape index (κ1) is 11.9. The van der Waals surface area contributed by atoms with Crippen molar-refractivity contribution in [1.29, 1.82) is 0 Å². The van der Waals surface area contributed by atoms with Crippen molar-refractivity contribution < 1.29 is 0 Å². The van der Waals surface area contributed by atoms with Crippen LogP contribution in [-0.2, 0) is 13.6 Å². The summed E-state index contributed by atoms with van der Waals surface area (Å²) in [5.41, 5.74) is 8.74. The highest BCUT2D eigenvalue weighted by molar-refractivity contribution is 6.31. The molecule has 0 saturated carbocycles. The van der Waals surface area contributed by atoms with E-state index in [1.54, 1.807) is 11.0 Å². The molecule has 3 heterocycles. The van der Waals surface area contributed by atoms with Crippen molar-refractivity contribution in [3.63, 3.8) is 0 Å². The molecular formula is C11H12ClN7. The molecule has 2 N–H and O–H groups in total. The first-order chi connectivity index (χ1) is 9.08. The summed E-state index contributed by atoms with van der Waals surface area (Å²) in [5, 5.41) is 4.94. The molecule has 0 bridgehead atoms. The largest absolute Gasteiger partial charge is 0.382 e. The van der Waals surface area contributed by atoms with E-state index in [1.807, 2.05) is 18.5 Å². The maximum atomic E-state index is 6.24. The van der Waals surface area contributed by atoms with Crippen molar-refractivity contribution in [2.45, 2.75) is 13.5 Å². The topological polar surface area (TPSA) is 87.4 Å². The van der Waals surface area contributed by atoms with Crippen LogP contribution in [0.25, 0.3) is 11.2 Å². The van der Waals surface area contributed by atoms with Gasteiger partial charge in [-0.2, -0.15) is 5.10 Å². The molecular weight excluding hydrogens is 266 g/mol. The van der Waals surface area contributed by atoms with Crippen LogP contribution >= 0.6 is 11.6 Å². The Morgan fingerprint density at radius 2 is 2.11 bits per heavy atom. The van der Waals surface area contributed by atoms with Crippen molar-refractivity contribution in [3.05, 3.63) is 29.1 Å². The lowest BCUT2D eigenvalue weighted by Crippen LogP contribution is -2.06. The highest BCUT2D eigenvalue weighted by Crippen LogP contribution is 2.22. The summed E-state index contributed by atoms with van der Waals surface area (Å²) >= 11 is 6.24. The minimum Gasteiger partial charge on any atom is -0.382 e. The zero-order valence-electron chi connectivity index (χ0n) is 10.5. The Labute approximate surface area is 114 Å². The molecule has 0 radical (unpaired) electrons. The van der Waals surface area contributed by atoms with Gasteiger partial charge in [-0.25, -0.2) is 15.0 Å². The van der Waals surface area contributed by atoms with E-state index < -0.39 is 0 Å². The van der Waals surface area contributed by atoms with Crippen LogP contribution in [0.4, 0.5) is 5.82 Å². The van der Waals surface area contributed by atoms with E-state index in [4.69, 9.17) is 17.3 Å². The SMILES string of the molecule is Cc1nn(C)c(Cn2cnc3c(N)ncnc32)c1Cl. The van der Waals surface area contributed by atoms with E-state index in [0.717, 1.165) is 11.4 Å². The van der Waals surface area contributed by atoms with Gasteiger partial charge in [0.25, 0.3) is 0 Å². The first-order valence-electron chi connectivity index (χ1n) is 5.67. The molecule has 3 aromatic heterocycles. The van der Waals surface area contributed by atoms with Gasteiger partial charge in [-0.15, -0.1) is 0 Å². The van der Waals surface area contributed by atoms with Crippen LogP contribution in [0.5, 0.6) is 0 Å². The van der Waals surface area contributed by atoms with Crippen molar-refractivity contribution in [3.8, 4) is 0 Å². The van der Waals surface area contributed by atoms with Crippen LogP contribution in [-0.4, -0.2) is 29.3 Å². The van der Waals surface area contributed by atoms with Gasteiger partial charge in [0.2, 0.25) is 0 Å². The summed E-state index contributed by atoms with van der Waals surface area (Å²) < 4.78 is 3.63. The van der Waals surface area contributed by atoms with Crippen molar-refractivity contribution >= 4 is 28.6 Å². The van der Waals surface area contributed by atoms with Gasteiger partial charge in [0, 0.05) is 7.05 Å². The highest BCUT2D eigenvalue weighted by Gasteiger charge is 2.14. The maximum Gasteiger partial charge on any atom is 0.165 e. The summed E-state index contributed by atoms with van der Waals surface area (Å²) in [6.07, 6.45) is 3.10. The molecule has 0 fully saturated rings. The Morgan fingerprint density at radius 1 is 1.32 bits per heavy atom. The summed E-state index contributed by atoms with van der Waals surface area (Å²) in [4.78, 5) is 12.3. The lowest BCUT2D eigenvalue weighted by atomic mass is 10.3. The Bertz CT molecular complexity index is 758. The zero-order valence-corrected chi connectivity index (χ0v) is 11.3. The number of rotatable bonds is 2. The summed E-state index contributed by atoms with van der Waals surface area (Å²) in [5.74, 6) is 0.371. The number of aryl methyl sites for hydroxylation is 2. The van der Waals surface area contributed by atoms with Crippen LogP contribution in [0.15, 0.2) is 12.7 Å². The highest BCUT2D eigenvalue weighted by atomic mass is 35.5. The average molecular weight is 278 g/mol. The van der Waals surface area contributed by atoms with E-state index in [9.17, 15) is 0 Å². The number of hydrogen-bond acceptors (Lipinski definition) is 5. The predicted octanol–water partition coefficient (Wildman–Crippen LogP) is 1.15. The molecule has 0 amide bonds. The van der Waals surface area contributed by atoms with Crippen LogP contribution in [0, 0.1) is 6.92 Å². The molecule has 3 aromatic rings. The van der Waals surface area contributed by atoms with Gasteiger partial charge in [0.05, 0.1) is 29.3 Å². The smallest absolute Gasteiger partial charge is 0.165 e. The fraction of sp³-hybridized carbons (Fsp3) is 0.273. The Balaban J connectivity index is 2.09. The Hall–Kier alpha value is -2.15. The van der Waals surface area contributed by atoms with Crippen molar-refractivity contribution in [2.75, 3.05) is 5.73 Å². The van der Waals surface area contributed by atoms with Crippen LogP contribution in [0.2, 0.25) is 5.02 Å². The normalized spacial score (nSPS) is 11.3. The zero-order chi connectivity index (χ0) is 13.6. The van der Waals surface area contributed by atoms with Gasteiger partial charge in [0.15, 0.2) is 11.5 Å². The molecule has 0 unspecified atom stereocenters. The van der Waals surface area contributed by atoms with E-state index >= 15 is 0 Å². The van der Waals surface area contributed by atoms with Gasteiger partial charge >= 0.3 is 0 Å². The van der Waals surface area contributed by atoms with E-state index in [2.05, 4.69) is 20.1 Å². The van der Waals surface area contributed by atoms with Crippen molar-refractivity contribution in [2.24, 2.45) is 7.05 Å². The second kappa shape index (κ2) is 4.20. The minimum absolute atomic E-state index is 0.371. The summed E-state index contributed by atoms with van der Waals surface area (Å²) in [7, 11) is 1.86. The molecule has 8 heteroatoms. The summed E-state index contributed by atoms with van der Waals surface area (Å²) in [6, 6.07) is 0. The Morgan fingerprint density at radius 3 is 2.79 bits per heavy atom. The third-order valence-corrected chi connectivity index (χ3v) is 3.50. The van der Waals surface area contributed by atoms with Crippen LogP contribution in [0.3, 0.4) is 0 Å². The molecule has 0 saturated heterocycles. The quantitative estimate of drug-likeness (QED) is 0.759. The third-order valence-electron chi connectivity index (χ3n) is 3.01. The fourth-order valence-electron chi connectivity index (χ4n) is 2.03. The van der Waals surface area contributed by atoms with Crippen molar-refractivity contribution in [1.82, 2.24) is 29.3 Å². The number of aromatic nitrogens is 6. The third kappa shape index (κ3) is 1.82.